The number of methoxy groups -OCH3 is 2. The normalized spacial score (nSPS) is 12.1. The lowest BCUT2D eigenvalue weighted by molar-refractivity contribution is -0.384. The molecule has 1 unspecified atom stereocenters. The number of nitrogens with zero attached hydrogens (tertiary/aromatic N) is 4. The summed E-state index contributed by atoms with van der Waals surface area (Å²) in [5, 5.41) is 11.4. The van der Waals surface area contributed by atoms with Gasteiger partial charge in [-0.05, 0) is 71.1 Å². The van der Waals surface area contributed by atoms with Crippen LogP contribution in [0.3, 0.4) is 0 Å². The molecule has 0 aliphatic carbocycles. The minimum Gasteiger partial charge on any atom is -0.497 e. The summed E-state index contributed by atoms with van der Waals surface area (Å²) in [6, 6.07) is 15.8. The van der Waals surface area contributed by atoms with Gasteiger partial charge < -0.3 is 14.4 Å². The summed E-state index contributed by atoms with van der Waals surface area (Å²) in [7, 11) is 3.05. The average molecular weight is 650 g/mol. The minimum absolute atomic E-state index is 0.0312. The maximum atomic E-state index is 14.1. The van der Waals surface area contributed by atoms with Crippen LogP contribution in [0.15, 0.2) is 76.0 Å². The number of para-hydroxylation sites is 1. The number of non-ortho nitro benzene ring substituents is 1. The number of aromatic nitrogens is 2. The fourth-order valence-electron chi connectivity index (χ4n) is 4.65. The summed E-state index contributed by atoms with van der Waals surface area (Å²) in [4.78, 5) is 45.0. The van der Waals surface area contributed by atoms with Crippen molar-refractivity contribution in [2.75, 3.05) is 20.8 Å². The van der Waals surface area contributed by atoms with E-state index in [-0.39, 0.29) is 17.2 Å². The molecule has 0 fully saturated rings. The third-order valence-electron chi connectivity index (χ3n) is 7.09. The maximum absolute atomic E-state index is 14.1. The molecule has 4 rings (SSSR count). The summed E-state index contributed by atoms with van der Waals surface area (Å²) in [6.07, 6.45) is 3.77. The van der Waals surface area contributed by atoms with Gasteiger partial charge in [0.25, 0.3) is 11.2 Å². The van der Waals surface area contributed by atoms with Crippen LogP contribution in [-0.2, 0) is 4.79 Å². The van der Waals surface area contributed by atoms with E-state index in [1.54, 1.807) is 53.4 Å². The van der Waals surface area contributed by atoms with Crippen molar-refractivity contribution < 1.29 is 19.2 Å². The fraction of sp³-hybridized carbons (Fsp3) is 0.281. The van der Waals surface area contributed by atoms with Crippen LogP contribution in [0.4, 0.5) is 5.69 Å². The number of hydrogen-bond acceptors (Lipinski definition) is 7. The van der Waals surface area contributed by atoms with E-state index in [0.29, 0.717) is 56.4 Å². The molecule has 10 nitrogen and oxygen atoms in total. The Morgan fingerprint density at radius 3 is 2.42 bits per heavy atom. The summed E-state index contributed by atoms with van der Waals surface area (Å²) in [5.74, 6) is 1.33. The lowest BCUT2D eigenvalue weighted by Crippen LogP contribution is -2.37. The van der Waals surface area contributed by atoms with E-state index in [4.69, 9.17) is 14.5 Å². The maximum Gasteiger partial charge on any atom is 0.269 e. The second kappa shape index (κ2) is 13.6. The number of benzene rings is 3. The highest BCUT2D eigenvalue weighted by Gasteiger charge is 2.27. The molecule has 0 radical (unpaired) electrons. The molecule has 0 N–H and O–H groups in total. The number of nitro groups is 1. The van der Waals surface area contributed by atoms with Gasteiger partial charge in [-0.1, -0.05) is 26.0 Å². The number of amides is 1. The Labute approximate surface area is 257 Å². The van der Waals surface area contributed by atoms with E-state index >= 15 is 0 Å². The number of nitro benzene ring substituents is 1. The lowest BCUT2D eigenvalue weighted by Gasteiger charge is -2.30. The number of carbonyl (C=O) groups is 1. The Morgan fingerprint density at radius 2 is 1.79 bits per heavy atom. The Morgan fingerprint density at radius 1 is 1.09 bits per heavy atom. The van der Waals surface area contributed by atoms with Crippen LogP contribution in [-0.4, -0.2) is 46.0 Å². The molecule has 224 valence electrons. The highest BCUT2D eigenvalue weighted by atomic mass is 79.9. The van der Waals surface area contributed by atoms with Crippen LogP contribution in [0, 0.1) is 16.0 Å². The van der Waals surface area contributed by atoms with Crippen molar-refractivity contribution in [3.8, 4) is 17.2 Å². The van der Waals surface area contributed by atoms with Crippen molar-refractivity contribution in [2.24, 2.45) is 5.92 Å². The quantitative estimate of drug-likeness (QED) is 0.101. The first-order valence-corrected chi connectivity index (χ1v) is 14.5. The second-order valence-corrected chi connectivity index (χ2v) is 11.2. The van der Waals surface area contributed by atoms with Gasteiger partial charge in [0, 0.05) is 36.9 Å². The number of rotatable bonds is 11. The topological polar surface area (TPSA) is 117 Å². The van der Waals surface area contributed by atoms with Crippen molar-refractivity contribution in [2.45, 2.75) is 33.2 Å². The van der Waals surface area contributed by atoms with Gasteiger partial charge in [-0.15, -0.1) is 0 Å². The van der Waals surface area contributed by atoms with E-state index in [1.165, 1.54) is 37.0 Å². The van der Waals surface area contributed by atoms with Crippen molar-refractivity contribution in [1.82, 2.24) is 14.5 Å². The highest BCUT2D eigenvalue weighted by molar-refractivity contribution is 9.10. The molecule has 4 aromatic rings. The zero-order chi connectivity index (χ0) is 31.3. The summed E-state index contributed by atoms with van der Waals surface area (Å²) >= 11 is 3.60. The summed E-state index contributed by atoms with van der Waals surface area (Å²) in [6.45, 7) is 6.40. The van der Waals surface area contributed by atoms with Crippen LogP contribution in [0.25, 0.3) is 22.7 Å². The SMILES string of the molecule is COc1cc(OC)c(Br)c(-n2c(C(C)N(CCC(C)C)C(=O)/C=C/c3ccc([N+](=O)[O-])cc3)nc3ccccc3c2=O)c1. The van der Waals surface area contributed by atoms with Gasteiger partial charge in [0.2, 0.25) is 5.91 Å². The lowest BCUT2D eigenvalue weighted by atomic mass is 10.1. The molecule has 0 saturated heterocycles. The van der Waals surface area contributed by atoms with E-state index in [1.807, 2.05) is 13.0 Å². The molecular formula is C32H33BrN4O6. The van der Waals surface area contributed by atoms with Gasteiger partial charge in [0.1, 0.15) is 17.3 Å². The Balaban J connectivity index is 1.86. The first-order valence-electron chi connectivity index (χ1n) is 13.7. The predicted octanol–water partition coefficient (Wildman–Crippen LogP) is 6.72. The molecule has 0 spiro atoms. The van der Waals surface area contributed by atoms with E-state index < -0.39 is 11.0 Å². The van der Waals surface area contributed by atoms with E-state index in [2.05, 4.69) is 29.8 Å². The van der Waals surface area contributed by atoms with Gasteiger partial charge >= 0.3 is 0 Å². The number of ether oxygens (including phenoxy) is 2. The molecule has 0 bridgehead atoms. The first-order chi connectivity index (χ1) is 20.5. The van der Waals surface area contributed by atoms with E-state index in [9.17, 15) is 19.7 Å². The van der Waals surface area contributed by atoms with Crippen LogP contribution < -0.4 is 15.0 Å². The molecule has 1 atom stereocenters. The first kappa shape index (κ1) is 31.4. The molecule has 0 aliphatic rings. The zero-order valence-electron chi connectivity index (χ0n) is 24.6. The Kier molecular flexibility index (Phi) is 9.97. The van der Waals surface area contributed by atoms with Crippen LogP contribution in [0.1, 0.15) is 44.6 Å². The molecule has 0 aliphatic heterocycles. The molecule has 1 amide bonds. The van der Waals surface area contributed by atoms with E-state index in [0.717, 1.165) is 6.42 Å². The molecular weight excluding hydrogens is 616 g/mol. The van der Waals surface area contributed by atoms with Gasteiger partial charge in [0.05, 0.1) is 46.2 Å². The highest BCUT2D eigenvalue weighted by Crippen LogP contribution is 2.37. The van der Waals surface area contributed by atoms with Gasteiger partial charge in [-0.3, -0.25) is 24.3 Å². The molecule has 1 heterocycles. The van der Waals surface area contributed by atoms with Crippen molar-refractivity contribution >= 4 is 44.5 Å². The average Bonchev–Trinajstić information content (AvgIpc) is 3.00. The van der Waals surface area contributed by atoms with Crippen molar-refractivity contribution in [1.29, 1.82) is 0 Å². The fourth-order valence-corrected chi connectivity index (χ4v) is 5.22. The van der Waals surface area contributed by atoms with Crippen molar-refractivity contribution in [3.05, 3.63) is 103 Å². The third-order valence-corrected chi connectivity index (χ3v) is 7.88. The molecule has 43 heavy (non-hydrogen) atoms. The van der Waals surface area contributed by atoms with Crippen LogP contribution >= 0.6 is 15.9 Å². The Bertz CT molecular complexity index is 1730. The van der Waals surface area contributed by atoms with Gasteiger partial charge in [0.15, 0.2) is 0 Å². The van der Waals surface area contributed by atoms with Gasteiger partial charge in [-0.25, -0.2) is 4.98 Å². The minimum atomic E-state index is -0.630. The number of hydrogen-bond donors (Lipinski definition) is 0. The third kappa shape index (κ3) is 6.94. The largest absolute Gasteiger partial charge is 0.497 e. The van der Waals surface area contributed by atoms with Gasteiger partial charge in [-0.2, -0.15) is 0 Å². The second-order valence-electron chi connectivity index (χ2n) is 10.4. The summed E-state index contributed by atoms with van der Waals surface area (Å²) in [5.41, 5.74) is 1.27. The predicted molar refractivity (Wildman–Crippen MR) is 170 cm³/mol. The number of fused-ring (bicyclic) bond motifs is 1. The molecule has 11 heteroatoms. The standard InChI is InChI=1S/C32H33BrN4O6/c1-20(2)16-17-35(29(38)15-12-22-10-13-23(14-11-22)37(40)41)21(3)31-34-26-9-7-6-8-25(26)32(39)36(31)27-18-24(42-4)19-28(43-5)30(27)33/h6-15,18-21H,16-17H2,1-5H3/b15-12+. The van der Waals surface area contributed by atoms with Crippen LogP contribution in [0.5, 0.6) is 11.5 Å². The summed E-state index contributed by atoms with van der Waals surface area (Å²) < 4.78 is 13.1. The monoisotopic (exact) mass is 648 g/mol. The zero-order valence-corrected chi connectivity index (χ0v) is 26.2. The smallest absolute Gasteiger partial charge is 0.269 e. The van der Waals surface area contributed by atoms with Crippen molar-refractivity contribution in [3.63, 3.8) is 0 Å². The molecule has 3 aromatic carbocycles. The number of halogens is 1. The van der Waals surface area contributed by atoms with Crippen LogP contribution in [0.2, 0.25) is 0 Å². The molecule has 1 aromatic heterocycles. The Hall–Kier alpha value is -4.51. The number of carbonyl (C=O) groups excluding carboxylic acids is 1. The molecule has 0 saturated carbocycles.